The minimum absolute atomic E-state index is 0.0882. The molecule has 7 nitrogen and oxygen atoms in total. The predicted molar refractivity (Wildman–Crippen MR) is 55.2 cm³/mol. The van der Waals surface area contributed by atoms with Crippen molar-refractivity contribution in [2.45, 2.75) is 25.3 Å². The molecule has 0 bridgehead atoms. The van der Waals surface area contributed by atoms with Crippen molar-refractivity contribution < 1.29 is 23.1 Å². The molecule has 0 aromatic rings. The average molecular weight is 250 g/mol. The van der Waals surface area contributed by atoms with Crippen molar-refractivity contribution in [3.05, 3.63) is 0 Å². The second-order valence-corrected chi connectivity index (χ2v) is 5.54. The SMILES string of the molecule is O=C(O)CCS(=O)(=O)NCC1CCC(=O)N1. The number of carboxylic acids is 1. The number of hydrogen-bond acceptors (Lipinski definition) is 4. The van der Waals surface area contributed by atoms with Crippen LogP contribution in [0.3, 0.4) is 0 Å². The molecule has 1 amide bonds. The van der Waals surface area contributed by atoms with Gasteiger partial charge in [0.2, 0.25) is 15.9 Å². The lowest BCUT2D eigenvalue weighted by Crippen LogP contribution is -2.39. The third kappa shape index (κ3) is 4.58. The highest BCUT2D eigenvalue weighted by Crippen LogP contribution is 2.05. The van der Waals surface area contributed by atoms with Crippen molar-refractivity contribution >= 4 is 21.9 Å². The van der Waals surface area contributed by atoms with Crippen molar-refractivity contribution in [2.75, 3.05) is 12.3 Å². The number of amides is 1. The molecule has 0 aromatic carbocycles. The molecule has 92 valence electrons. The molecule has 1 fully saturated rings. The van der Waals surface area contributed by atoms with Crippen molar-refractivity contribution in [3.63, 3.8) is 0 Å². The average Bonchev–Trinajstić information content (AvgIpc) is 2.59. The lowest BCUT2D eigenvalue weighted by atomic mass is 10.2. The van der Waals surface area contributed by atoms with E-state index in [4.69, 9.17) is 5.11 Å². The standard InChI is InChI=1S/C8H14N2O5S/c11-7-2-1-6(10-7)5-9-16(14,15)4-3-8(12)13/h6,9H,1-5H2,(H,10,11)(H,12,13). The second-order valence-electron chi connectivity index (χ2n) is 3.61. The molecule has 0 aliphatic carbocycles. The van der Waals surface area contributed by atoms with Crippen LogP contribution in [0.1, 0.15) is 19.3 Å². The van der Waals surface area contributed by atoms with Crippen LogP contribution in [-0.2, 0) is 19.6 Å². The van der Waals surface area contributed by atoms with Crippen LogP contribution in [0, 0.1) is 0 Å². The highest BCUT2D eigenvalue weighted by Gasteiger charge is 2.22. The maximum atomic E-state index is 11.3. The summed E-state index contributed by atoms with van der Waals surface area (Å²) in [6.45, 7) is 0.119. The molecule has 3 N–H and O–H groups in total. The van der Waals surface area contributed by atoms with E-state index in [0.717, 1.165) is 0 Å². The number of nitrogens with one attached hydrogen (secondary N) is 2. The van der Waals surface area contributed by atoms with Crippen LogP contribution in [0.25, 0.3) is 0 Å². The molecular formula is C8H14N2O5S. The number of carbonyl (C=O) groups is 2. The molecule has 1 heterocycles. The second kappa shape index (κ2) is 5.26. The lowest BCUT2D eigenvalue weighted by Gasteiger charge is -2.11. The Morgan fingerprint density at radius 2 is 2.25 bits per heavy atom. The Morgan fingerprint density at radius 1 is 1.56 bits per heavy atom. The van der Waals surface area contributed by atoms with E-state index in [2.05, 4.69) is 10.0 Å². The van der Waals surface area contributed by atoms with Crippen LogP contribution in [0.15, 0.2) is 0 Å². The van der Waals surface area contributed by atoms with Crippen LogP contribution in [0.5, 0.6) is 0 Å². The summed E-state index contributed by atoms with van der Waals surface area (Å²) in [4.78, 5) is 21.0. The molecule has 1 rings (SSSR count). The molecule has 1 aliphatic rings. The summed E-state index contributed by atoms with van der Waals surface area (Å²) in [6.07, 6.45) is 0.578. The van der Waals surface area contributed by atoms with Crippen molar-refractivity contribution in [1.29, 1.82) is 0 Å². The summed E-state index contributed by atoms with van der Waals surface area (Å²) in [7, 11) is -3.56. The molecule has 0 spiro atoms. The third-order valence-electron chi connectivity index (χ3n) is 2.22. The summed E-state index contributed by atoms with van der Waals surface area (Å²) in [5, 5.41) is 11.0. The molecule has 0 aromatic heterocycles. The molecular weight excluding hydrogens is 236 g/mol. The van der Waals surface area contributed by atoms with Crippen LogP contribution < -0.4 is 10.0 Å². The van der Waals surface area contributed by atoms with E-state index >= 15 is 0 Å². The molecule has 1 saturated heterocycles. The minimum Gasteiger partial charge on any atom is -0.481 e. The fourth-order valence-corrected chi connectivity index (χ4v) is 2.39. The van der Waals surface area contributed by atoms with Gasteiger partial charge in [-0.3, -0.25) is 9.59 Å². The van der Waals surface area contributed by atoms with Gasteiger partial charge >= 0.3 is 5.97 Å². The largest absolute Gasteiger partial charge is 0.481 e. The van der Waals surface area contributed by atoms with Gasteiger partial charge in [0.15, 0.2) is 0 Å². The van der Waals surface area contributed by atoms with E-state index in [9.17, 15) is 18.0 Å². The Labute approximate surface area is 93.3 Å². The van der Waals surface area contributed by atoms with Gasteiger partial charge in [-0.1, -0.05) is 0 Å². The zero-order valence-electron chi connectivity index (χ0n) is 8.60. The number of rotatable bonds is 6. The highest BCUT2D eigenvalue weighted by atomic mass is 32.2. The van der Waals surface area contributed by atoms with Gasteiger partial charge in [0.25, 0.3) is 0 Å². The van der Waals surface area contributed by atoms with Gasteiger partial charge in [-0.2, -0.15) is 0 Å². The zero-order valence-corrected chi connectivity index (χ0v) is 9.42. The number of carboxylic acid groups (broad SMARTS) is 1. The Morgan fingerprint density at radius 3 is 2.75 bits per heavy atom. The maximum absolute atomic E-state index is 11.3. The van der Waals surface area contributed by atoms with E-state index in [1.54, 1.807) is 0 Å². The molecule has 0 saturated carbocycles. The Balaban J connectivity index is 2.30. The molecule has 0 radical (unpaired) electrons. The third-order valence-corrected chi connectivity index (χ3v) is 3.57. The minimum atomic E-state index is -3.56. The van der Waals surface area contributed by atoms with Crippen LogP contribution in [-0.4, -0.2) is 43.7 Å². The van der Waals surface area contributed by atoms with Crippen molar-refractivity contribution in [1.82, 2.24) is 10.0 Å². The topological polar surface area (TPSA) is 113 Å². The first-order chi connectivity index (χ1) is 7.39. The van der Waals surface area contributed by atoms with E-state index in [1.807, 2.05) is 0 Å². The monoisotopic (exact) mass is 250 g/mol. The van der Waals surface area contributed by atoms with Crippen LogP contribution >= 0.6 is 0 Å². The summed E-state index contributed by atoms with van der Waals surface area (Å²) >= 11 is 0. The smallest absolute Gasteiger partial charge is 0.304 e. The van der Waals surface area contributed by atoms with E-state index in [0.29, 0.717) is 12.8 Å². The van der Waals surface area contributed by atoms with Gasteiger partial charge in [-0.15, -0.1) is 0 Å². The van der Waals surface area contributed by atoms with E-state index in [1.165, 1.54) is 0 Å². The van der Waals surface area contributed by atoms with Gasteiger partial charge in [0, 0.05) is 19.0 Å². The van der Waals surface area contributed by atoms with E-state index in [-0.39, 0.29) is 18.5 Å². The first-order valence-corrected chi connectivity index (χ1v) is 6.53. The summed E-state index contributed by atoms with van der Waals surface area (Å²) in [5.41, 5.74) is 0. The van der Waals surface area contributed by atoms with Crippen LogP contribution in [0.4, 0.5) is 0 Å². The fourth-order valence-electron chi connectivity index (χ4n) is 1.35. The first kappa shape index (κ1) is 12.9. The number of hydrogen-bond donors (Lipinski definition) is 3. The Bertz CT molecular complexity index is 378. The number of aliphatic carboxylic acids is 1. The fraction of sp³-hybridized carbons (Fsp3) is 0.750. The van der Waals surface area contributed by atoms with Gasteiger partial charge in [0.1, 0.15) is 0 Å². The Kier molecular flexibility index (Phi) is 4.25. The van der Waals surface area contributed by atoms with Crippen molar-refractivity contribution in [3.8, 4) is 0 Å². The summed E-state index contributed by atoms with van der Waals surface area (Å²) in [6, 6.07) is -0.188. The summed E-state index contributed by atoms with van der Waals surface area (Å²) < 4.78 is 24.8. The maximum Gasteiger partial charge on any atom is 0.304 e. The number of carbonyl (C=O) groups excluding carboxylic acids is 1. The molecule has 8 heteroatoms. The van der Waals surface area contributed by atoms with Gasteiger partial charge < -0.3 is 10.4 Å². The molecule has 1 aliphatic heterocycles. The highest BCUT2D eigenvalue weighted by molar-refractivity contribution is 7.89. The van der Waals surface area contributed by atoms with Crippen molar-refractivity contribution in [2.24, 2.45) is 0 Å². The van der Waals surface area contributed by atoms with Gasteiger partial charge in [-0.25, -0.2) is 13.1 Å². The normalized spacial score (nSPS) is 20.8. The quantitative estimate of drug-likeness (QED) is 0.540. The van der Waals surface area contributed by atoms with Crippen LogP contribution in [0.2, 0.25) is 0 Å². The number of sulfonamides is 1. The molecule has 1 unspecified atom stereocenters. The predicted octanol–water partition coefficient (Wildman–Crippen LogP) is -1.34. The zero-order chi connectivity index (χ0) is 12.2. The Hall–Kier alpha value is -1.15. The van der Waals surface area contributed by atoms with Gasteiger partial charge in [-0.05, 0) is 6.42 Å². The lowest BCUT2D eigenvalue weighted by molar-refractivity contribution is -0.136. The van der Waals surface area contributed by atoms with E-state index < -0.39 is 28.2 Å². The first-order valence-electron chi connectivity index (χ1n) is 4.87. The molecule has 16 heavy (non-hydrogen) atoms. The summed E-state index contributed by atoms with van der Waals surface area (Å²) in [5.74, 6) is -1.68. The van der Waals surface area contributed by atoms with Gasteiger partial charge in [0.05, 0.1) is 12.2 Å². The molecule has 1 atom stereocenters.